The number of hydrogen-bond acceptors (Lipinski definition) is 6. The number of rotatable bonds is 10. The van der Waals surface area contributed by atoms with E-state index >= 15 is 0 Å². The van der Waals surface area contributed by atoms with E-state index in [-0.39, 0.29) is 59.1 Å². The van der Waals surface area contributed by atoms with Crippen molar-refractivity contribution in [2.45, 2.75) is 37.8 Å². The molecule has 0 aliphatic rings. The van der Waals surface area contributed by atoms with Gasteiger partial charge in [0.15, 0.2) is 0 Å². The van der Waals surface area contributed by atoms with Crippen LogP contribution in [0.1, 0.15) is 25.7 Å². The van der Waals surface area contributed by atoms with Crippen LogP contribution < -0.4 is 11.5 Å². The van der Waals surface area contributed by atoms with E-state index in [2.05, 4.69) is 0 Å². The third-order valence-electron chi connectivity index (χ3n) is 3.09. The van der Waals surface area contributed by atoms with Gasteiger partial charge in [-0.2, -0.15) is 0 Å². The van der Waals surface area contributed by atoms with Crippen LogP contribution >= 0.6 is 0 Å². The fourth-order valence-corrected chi connectivity index (χ4v) is 2.23. The quantitative estimate of drug-likeness (QED) is 0.233. The molecule has 23 heavy (non-hydrogen) atoms. The van der Waals surface area contributed by atoms with Crippen molar-refractivity contribution in [3.63, 3.8) is 0 Å². The third kappa shape index (κ3) is 10.3. The fraction of sp³-hybridized carbons (Fsp3) is 0.636. The third-order valence-corrected chi connectivity index (χ3v) is 3.09. The van der Waals surface area contributed by atoms with E-state index in [0.29, 0.717) is 0 Å². The second-order valence-corrected chi connectivity index (χ2v) is 4.86. The Morgan fingerprint density at radius 2 is 1.04 bits per heavy atom. The molecular weight excluding hydrogens is 334 g/mol. The van der Waals surface area contributed by atoms with Gasteiger partial charge in [0.05, 0.1) is 25.7 Å². The molecular formula is C11H18N2Na2O8. The normalized spacial score (nSPS) is 13.0. The van der Waals surface area contributed by atoms with Gasteiger partial charge in [-0.15, -0.1) is 0 Å². The van der Waals surface area contributed by atoms with Crippen LogP contribution in [0, 0.1) is 5.41 Å². The zero-order valence-corrected chi connectivity index (χ0v) is 17.1. The van der Waals surface area contributed by atoms with Crippen molar-refractivity contribution >= 4 is 83.0 Å². The molecule has 0 aliphatic carbocycles. The largest absolute Gasteiger partial charge is 0.481 e. The van der Waals surface area contributed by atoms with Crippen LogP contribution in [0.15, 0.2) is 0 Å². The number of hydrogen-bond donors (Lipinski definition) is 6. The van der Waals surface area contributed by atoms with Crippen molar-refractivity contribution in [3.8, 4) is 0 Å². The molecule has 0 aromatic carbocycles. The minimum atomic E-state index is -1.88. The topological polar surface area (TPSA) is 201 Å². The Labute approximate surface area is 176 Å². The van der Waals surface area contributed by atoms with Gasteiger partial charge in [0.2, 0.25) is 0 Å². The summed E-state index contributed by atoms with van der Waals surface area (Å²) in [6.45, 7) is 0. The van der Waals surface area contributed by atoms with Crippen LogP contribution in [0.25, 0.3) is 0 Å². The van der Waals surface area contributed by atoms with E-state index in [1.807, 2.05) is 0 Å². The maximum atomic E-state index is 10.9. The molecule has 2 unspecified atom stereocenters. The van der Waals surface area contributed by atoms with Crippen molar-refractivity contribution in [3.05, 3.63) is 0 Å². The maximum absolute atomic E-state index is 10.9. The van der Waals surface area contributed by atoms with E-state index in [4.69, 9.17) is 31.9 Å². The molecule has 2 radical (unpaired) electrons. The van der Waals surface area contributed by atoms with Gasteiger partial charge >= 0.3 is 23.9 Å². The first-order valence-corrected chi connectivity index (χ1v) is 5.88. The molecule has 0 aliphatic heterocycles. The standard InChI is InChI=1S/C11H18N2O8.2Na/c12-5(1-6(14)15)10(13)11(2-7(16)17,3-8(18)19)4-9(20)21;;/h5,10H,1-4,12-13H2,(H,14,15)(H,16,17)(H,18,19)(H,20,21);;. The Kier molecular flexibility index (Phi) is 14.7. The van der Waals surface area contributed by atoms with E-state index in [1.165, 1.54) is 0 Å². The van der Waals surface area contributed by atoms with Crippen LogP contribution in [-0.4, -0.2) is 116 Å². The summed E-state index contributed by atoms with van der Waals surface area (Å²) in [4.78, 5) is 43.4. The zero-order valence-electron chi connectivity index (χ0n) is 13.1. The zero-order chi connectivity index (χ0) is 16.8. The van der Waals surface area contributed by atoms with Crippen LogP contribution in [0.5, 0.6) is 0 Å². The maximum Gasteiger partial charge on any atom is 0.304 e. The summed E-state index contributed by atoms with van der Waals surface area (Å²) in [6.07, 6.45) is -3.18. The molecule has 8 N–H and O–H groups in total. The molecule has 0 aromatic rings. The number of carboxylic acids is 4. The predicted molar refractivity (Wildman–Crippen MR) is 78.9 cm³/mol. The number of carboxylic acid groups (broad SMARTS) is 4. The van der Waals surface area contributed by atoms with Crippen molar-refractivity contribution < 1.29 is 39.6 Å². The van der Waals surface area contributed by atoms with Gasteiger partial charge in [0, 0.05) is 76.6 Å². The van der Waals surface area contributed by atoms with Crippen molar-refractivity contribution in [2.24, 2.45) is 16.9 Å². The monoisotopic (exact) mass is 352 g/mol. The van der Waals surface area contributed by atoms with E-state index < -0.39 is 67.1 Å². The van der Waals surface area contributed by atoms with Crippen LogP contribution in [0.3, 0.4) is 0 Å². The molecule has 12 heteroatoms. The molecule has 0 rings (SSSR count). The Hall–Kier alpha value is -0.200. The minimum absolute atomic E-state index is 0. The number of aliphatic carboxylic acids is 4. The average molecular weight is 352 g/mol. The molecule has 0 fully saturated rings. The van der Waals surface area contributed by atoms with E-state index in [0.717, 1.165) is 0 Å². The fourth-order valence-electron chi connectivity index (χ4n) is 2.23. The molecule has 0 saturated heterocycles. The number of carbonyl (C=O) groups is 4. The summed E-state index contributed by atoms with van der Waals surface area (Å²) < 4.78 is 0. The number of nitrogens with two attached hydrogens (primary N) is 2. The summed E-state index contributed by atoms with van der Waals surface area (Å²) >= 11 is 0. The van der Waals surface area contributed by atoms with Gasteiger partial charge in [-0.05, 0) is 0 Å². The predicted octanol–water partition coefficient (Wildman–Crippen LogP) is -2.24. The smallest absolute Gasteiger partial charge is 0.304 e. The second kappa shape index (κ2) is 12.2. The first-order valence-electron chi connectivity index (χ1n) is 5.88. The van der Waals surface area contributed by atoms with Gasteiger partial charge in [-0.25, -0.2) is 0 Å². The molecule has 122 valence electrons. The van der Waals surface area contributed by atoms with Crippen LogP contribution in [0.4, 0.5) is 0 Å². The van der Waals surface area contributed by atoms with Crippen LogP contribution in [-0.2, 0) is 19.2 Å². The van der Waals surface area contributed by atoms with Gasteiger partial charge in [0.1, 0.15) is 0 Å². The Morgan fingerprint density at radius 1 is 0.739 bits per heavy atom. The molecule has 2 atom stereocenters. The second-order valence-electron chi connectivity index (χ2n) is 4.86. The van der Waals surface area contributed by atoms with E-state index in [9.17, 15) is 19.2 Å². The molecule has 0 saturated carbocycles. The molecule has 0 heterocycles. The SMILES string of the molecule is NC(CC(=O)O)C(N)C(CC(=O)O)(CC(=O)O)CC(=O)O.[Na].[Na]. The molecule has 0 aromatic heterocycles. The first-order chi connectivity index (χ1) is 9.50. The Balaban J connectivity index is -0.00000200. The molecule has 0 bridgehead atoms. The summed E-state index contributed by atoms with van der Waals surface area (Å²) in [5.41, 5.74) is 9.38. The van der Waals surface area contributed by atoms with Gasteiger partial charge in [0.25, 0.3) is 0 Å². The first kappa shape index (κ1) is 27.6. The molecule has 0 amide bonds. The minimum Gasteiger partial charge on any atom is -0.481 e. The summed E-state index contributed by atoms with van der Waals surface area (Å²) in [7, 11) is 0. The Morgan fingerprint density at radius 3 is 1.26 bits per heavy atom. The van der Waals surface area contributed by atoms with Gasteiger partial charge in [-0.1, -0.05) is 0 Å². The summed E-state index contributed by atoms with van der Waals surface area (Å²) in [5, 5.41) is 35.3. The van der Waals surface area contributed by atoms with Crippen molar-refractivity contribution in [1.29, 1.82) is 0 Å². The van der Waals surface area contributed by atoms with Gasteiger partial charge in [-0.3, -0.25) is 19.2 Å². The van der Waals surface area contributed by atoms with E-state index in [1.54, 1.807) is 0 Å². The Bertz CT molecular complexity index is 405. The van der Waals surface area contributed by atoms with Gasteiger partial charge < -0.3 is 31.9 Å². The molecule has 10 nitrogen and oxygen atoms in total. The molecule has 0 spiro atoms. The summed E-state index contributed by atoms with van der Waals surface area (Å²) in [5.74, 6) is -5.66. The van der Waals surface area contributed by atoms with Crippen molar-refractivity contribution in [2.75, 3.05) is 0 Å². The summed E-state index contributed by atoms with van der Waals surface area (Å²) in [6, 6.07) is -2.70. The van der Waals surface area contributed by atoms with Crippen molar-refractivity contribution in [1.82, 2.24) is 0 Å². The average Bonchev–Trinajstić information content (AvgIpc) is 2.23. The van der Waals surface area contributed by atoms with Crippen LogP contribution in [0.2, 0.25) is 0 Å².